The Labute approximate surface area is 106 Å². The van der Waals surface area contributed by atoms with Gasteiger partial charge in [0, 0.05) is 51.2 Å². The fraction of sp³-hybridized carbons (Fsp3) is 1.00. The van der Waals surface area contributed by atoms with Gasteiger partial charge in [-0.1, -0.05) is 6.92 Å². The molecule has 0 aliphatic carbocycles. The van der Waals surface area contributed by atoms with E-state index >= 15 is 0 Å². The summed E-state index contributed by atoms with van der Waals surface area (Å²) in [6.45, 7) is 7.72. The molecule has 1 N–H and O–H groups in total. The standard InChI is InChI=1S/C12H22F3N3/c1-2-16-10(3-4-12(13,14)15)11-9-17-5-7-18(11)8-6-17/h10-11,16H,2-9H2,1H3. The number of hydrogen-bond acceptors (Lipinski definition) is 3. The van der Waals surface area contributed by atoms with Crippen LogP contribution in [0.25, 0.3) is 0 Å². The molecule has 3 fully saturated rings. The van der Waals surface area contributed by atoms with Crippen molar-refractivity contribution in [3.05, 3.63) is 0 Å². The van der Waals surface area contributed by atoms with Crippen molar-refractivity contribution in [1.29, 1.82) is 0 Å². The second-order valence-corrected chi connectivity index (χ2v) is 5.22. The van der Waals surface area contributed by atoms with Crippen molar-refractivity contribution in [3.8, 4) is 0 Å². The van der Waals surface area contributed by atoms with Crippen molar-refractivity contribution < 1.29 is 13.2 Å². The molecule has 3 heterocycles. The maximum Gasteiger partial charge on any atom is 0.389 e. The number of nitrogens with zero attached hydrogens (tertiary/aromatic N) is 2. The third kappa shape index (κ3) is 3.59. The molecule has 0 aromatic carbocycles. The molecule has 3 aliphatic heterocycles. The molecule has 2 unspecified atom stereocenters. The van der Waals surface area contributed by atoms with E-state index in [2.05, 4.69) is 15.1 Å². The molecule has 0 saturated carbocycles. The summed E-state index contributed by atoms with van der Waals surface area (Å²) < 4.78 is 37.1. The highest BCUT2D eigenvalue weighted by atomic mass is 19.4. The van der Waals surface area contributed by atoms with Crippen molar-refractivity contribution >= 4 is 0 Å². The van der Waals surface area contributed by atoms with Gasteiger partial charge in [-0.2, -0.15) is 13.2 Å². The van der Waals surface area contributed by atoms with Gasteiger partial charge in [0.2, 0.25) is 0 Å². The average Bonchev–Trinajstić information content (AvgIpc) is 2.34. The first-order valence-electron chi connectivity index (χ1n) is 6.76. The molecule has 0 aromatic heterocycles. The number of piperazine rings is 3. The molecule has 0 radical (unpaired) electrons. The Morgan fingerprint density at radius 1 is 1.22 bits per heavy atom. The van der Waals surface area contributed by atoms with Gasteiger partial charge in [-0.25, -0.2) is 0 Å². The summed E-state index contributed by atoms with van der Waals surface area (Å²) in [4.78, 5) is 4.71. The SMILES string of the molecule is CCNC(CCC(F)(F)F)C1CN2CCN1CC2. The van der Waals surface area contributed by atoms with Crippen LogP contribution < -0.4 is 5.32 Å². The third-order valence-electron chi connectivity index (χ3n) is 3.99. The number of nitrogens with one attached hydrogen (secondary N) is 1. The molecular weight excluding hydrogens is 243 g/mol. The van der Waals surface area contributed by atoms with Crippen molar-refractivity contribution in [2.75, 3.05) is 39.3 Å². The molecule has 2 bridgehead atoms. The summed E-state index contributed by atoms with van der Waals surface area (Å²) in [5.74, 6) is 0. The molecule has 6 heteroatoms. The lowest BCUT2D eigenvalue weighted by Crippen LogP contribution is -2.66. The molecule has 0 aromatic rings. The number of fused-ring (bicyclic) bond motifs is 3. The van der Waals surface area contributed by atoms with Crippen LogP contribution in [0.4, 0.5) is 13.2 Å². The Morgan fingerprint density at radius 3 is 2.33 bits per heavy atom. The smallest absolute Gasteiger partial charge is 0.313 e. The predicted molar refractivity (Wildman–Crippen MR) is 64.6 cm³/mol. The van der Waals surface area contributed by atoms with E-state index in [1.54, 1.807) is 0 Å². The van der Waals surface area contributed by atoms with Crippen LogP contribution in [0.1, 0.15) is 19.8 Å². The molecular formula is C12H22F3N3. The van der Waals surface area contributed by atoms with Gasteiger partial charge in [-0.15, -0.1) is 0 Å². The van der Waals surface area contributed by atoms with Crippen LogP contribution in [-0.4, -0.2) is 67.3 Å². The van der Waals surface area contributed by atoms with Crippen LogP contribution in [0.2, 0.25) is 0 Å². The predicted octanol–water partition coefficient (Wildman–Crippen LogP) is 1.31. The van der Waals surface area contributed by atoms with Gasteiger partial charge in [-0.05, 0) is 13.0 Å². The zero-order valence-electron chi connectivity index (χ0n) is 10.8. The summed E-state index contributed by atoms with van der Waals surface area (Å²) in [7, 11) is 0. The van der Waals surface area contributed by atoms with Gasteiger partial charge in [0.1, 0.15) is 0 Å². The monoisotopic (exact) mass is 265 g/mol. The Bertz CT molecular complexity index is 262. The van der Waals surface area contributed by atoms with Gasteiger partial charge in [0.25, 0.3) is 0 Å². The minimum atomic E-state index is -4.04. The average molecular weight is 265 g/mol. The summed E-state index contributed by atoms with van der Waals surface area (Å²) in [6, 6.07) is 0.203. The molecule has 3 aliphatic rings. The normalized spacial score (nSPS) is 33.7. The van der Waals surface area contributed by atoms with E-state index in [9.17, 15) is 13.2 Å². The second-order valence-electron chi connectivity index (χ2n) is 5.22. The van der Waals surface area contributed by atoms with Crippen LogP contribution >= 0.6 is 0 Å². The van der Waals surface area contributed by atoms with Crippen molar-refractivity contribution in [2.24, 2.45) is 0 Å². The molecule has 3 saturated heterocycles. The second kappa shape index (κ2) is 5.75. The third-order valence-corrected chi connectivity index (χ3v) is 3.99. The van der Waals surface area contributed by atoms with Gasteiger partial charge in [0.05, 0.1) is 0 Å². The van der Waals surface area contributed by atoms with Crippen LogP contribution in [0.15, 0.2) is 0 Å². The van der Waals surface area contributed by atoms with Gasteiger partial charge >= 0.3 is 6.18 Å². The topological polar surface area (TPSA) is 18.5 Å². The highest BCUT2D eigenvalue weighted by Crippen LogP contribution is 2.26. The zero-order valence-corrected chi connectivity index (χ0v) is 10.8. The number of hydrogen-bond donors (Lipinski definition) is 1. The van der Waals surface area contributed by atoms with E-state index in [0.29, 0.717) is 0 Å². The first-order chi connectivity index (χ1) is 8.49. The maximum atomic E-state index is 12.4. The largest absolute Gasteiger partial charge is 0.389 e. The van der Waals surface area contributed by atoms with Crippen LogP contribution in [0.3, 0.4) is 0 Å². The lowest BCUT2D eigenvalue weighted by Gasteiger charge is -2.50. The van der Waals surface area contributed by atoms with Crippen LogP contribution in [0.5, 0.6) is 0 Å². The van der Waals surface area contributed by atoms with Gasteiger partial charge in [0.15, 0.2) is 0 Å². The maximum absolute atomic E-state index is 12.4. The molecule has 3 nitrogen and oxygen atoms in total. The zero-order chi connectivity index (χ0) is 13.2. The lowest BCUT2D eigenvalue weighted by molar-refractivity contribution is -0.138. The Kier molecular flexibility index (Phi) is 4.50. The number of likely N-dealkylation sites (N-methyl/N-ethyl adjacent to an activating group) is 1. The highest BCUT2D eigenvalue weighted by molar-refractivity contribution is 4.94. The molecule has 18 heavy (non-hydrogen) atoms. The summed E-state index contributed by atoms with van der Waals surface area (Å²) in [5, 5.41) is 3.24. The Morgan fingerprint density at radius 2 is 1.89 bits per heavy atom. The van der Waals surface area contributed by atoms with E-state index in [1.807, 2.05) is 6.92 Å². The first kappa shape index (κ1) is 14.1. The van der Waals surface area contributed by atoms with E-state index in [1.165, 1.54) is 0 Å². The number of rotatable bonds is 5. The fourth-order valence-electron chi connectivity index (χ4n) is 3.05. The van der Waals surface area contributed by atoms with E-state index in [-0.39, 0.29) is 18.5 Å². The van der Waals surface area contributed by atoms with E-state index < -0.39 is 12.6 Å². The lowest BCUT2D eigenvalue weighted by atomic mass is 9.96. The Hall–Kier alpha value is -0.330. The number of halogens is 3. The molecule has 3 rings (SSSR count). The van der Waals surface area contributed by atoms with Crippen LogP contribution in [-0.2, 0) is 0 Å². The Balaban J connectivity index is 1.92. The molecule has 0 amide bonds. The van der Waals surface area contributed by atoms with Crippen molar-refractivity contribution in [3.63, 3.8) is 0 Å². The minimum Gasteiger partial charge on any atom is -0.313 e. The van der Waals surface area contributed by atoms with E-state index in [0.717, 1.165) is 39.3 Å². The van der Waals surface area contributed by atoms with E-state index in [4.69, 9.17) is 0 Å². The minimum absolute atomic E-state index is 0.0419. The summed E-state index contributed by atoms with van der Waals surface area (Å²) in [5.41, 5.74) is 0. The van der Waals surface area contributed by atoms with Crippen molar-refractivity contribution in [1.82, 2.24) is 15.1 Å². The summed E-state index contributed by atoms with van der Waals surface area (Å²) >= 11 is 0. The fourth-order valence-corrected chi connectivity index (χ4v) is 3.05. The van der Waals surface area contributed by atoms with Gasteiger partial charge < -0.3 is 5.32 Å². The molecule has 106 valence electrons. The molecule has 0 spiro atoms. The van der Waals surface area contributed by atoms with Crippen molar-refractivity contribution in [2.45, 2.75) is 38.0 Å². The number of alkyl halides is 3. The quantitative estimate of drug-likeness (QED) is 0.808. The van der Waals surface area contributed by atoms with Gasteiger partial charge in [-0.3, -0.25) is 9.80 Å². The van der Waals surface area contributed by atoms with Crippen LogP contribution in [0, 0.1) is 0 Å². The highest BCUT2D eigenvalue weighted by Gasteiger charge is 2.38. The first-order valence-corrected chi connectivity index (χ1v) is 6.76. The summed E-state index contributed by atoms with van der Waals surface area (Å²) in [6.07, 6.45) is -4.54. The molecule has 2 atom stereocenters.